The van der Waals surface area contributed by atoms with Crippen LogP contribution in [0.25, 0.3) is 10.9 Å². The maximum absolute atomic E-state index is 6.13. The number of rotatable bonds is 3. The Labute approximate surface area is 120 Å². The molecule has 1 aromatic carbocycles. The van der Waals surface area contributed by atoms with Gasteiger partial charge in [0.15, 0.2) is 0 Å². The monoisotopic (exact) mass is 286 g/mol. The largest absolute Gasteiger partial charge is 0.485 e. The van der Waals surface area contributed by atoms with Crippen LogP contribution >= 0.6 is 11.6 Å². The van der Waals surface area contributed by atoms with E-state index in [1.54, 1.807) is 24.5 Å². The molecule has 2 heterocycles. The van der Waals surface area contributed by atoms with Gasteiger partial charge in [-0.2, -0.15) is 0 Å². The van der Waals surface area contributed by atoms with E-state index in [2.05, 4.69) is 15.0 Å². The molecule has 0 aliphatic heterocycles. The summed E-state index contributed by atoms with van der Waals surface area (Å²) in [6.07, 6.45) is 4.78. The molecule has 3 aromatic rings. The summed E-state index contributed by atoms with van der Waals surface area (Å²) in [4.78, 5) is 12.4. The van der Waals surface area contributed by atoms with Crippen LogP contribution in [0.15, 0.2) is 42.9 Å². The number of nitrogens with two attached hydrogens (primary N) is 1. The van der Waals surface area contributed by atoms with Crippen LogP contribution in [0.1, 0.15) is 5.69 Å². The summed E-state index contributed by atoms with van der Waals surface area (Å²) < 4.78 is 5.74. The second-order valence-electron chi connectivity index (χ2n) is 4.17. The number of benzene rings is 1. The number of aromatic nitrogens is 3. The average molecular weight is 287 g/mol. The van der Waals surface area contributed by atoms with Crippen LogP contribution in [-0.2, 0) is 6.61 Å². The number of halogens is 1. The summed E-state index contributed by atoms with van der Waals surface area (Å²) >= 11 is 6.13. The molecule has 100 valence electrons. The molecule has 5 nitrogen and oxygen atoms in total. The molecule has 0 radical (unpaired) electrons. The number of nitrogens with zero attached hydrogens (tertiary/aromatic N) is 3. The second-order valence-corrected chi connectivity index (χ2v) is 4.57. The van der Waals surface area contributed by atoms with Crippen molar-refractivity contribution in [2.45, 2.75) is 6.61 Å². The Morgan fingerprint density at radius 3 is 2.80 bits per heavy atom. The van der Waals surface area contributed by atoms with Crippen LogP contribution in [0.2, 0.25) is 5.02 Å². The van der Waals surface area contributed by atoms with Crippen LogP contribution in [0.5, 0.6) is 5.75 Å². The average Bonchev–Trinajstić information content (AvgIpc) is 2.49. The van der Waals surface area contributed by atoms with E-state index in [0.717, 1.165) is 10.9 Å². The summed E-state index contributed by atoms with van der Waals surface area (Å²) in [6.45, 7) is 0.292. The highest BCUT2D eigenvalue weighted by molar-refractivity contribution is 6.35. The van der Waals surface area contributed by atoms with Crippen molar-refractivity contribution in [3.8, 4) is 5.75 Å². The zero-order chi connectivity index (χ0) is 13.9. The lowest BCUT2D eigenvalue weighted by Gasteiger charge is -2.09. The fourth-order valence-electron chi connectivity index (χ4n) is 1.82. The summed E-state index contributed by atoms with van der Waals surface area (Å²) in [5.74, 6) is 1.04. The van der Waals surface area contributed by atoms with Crippen molar-refractivity contribution in [2.24, 2.45) is 0 Å². The molecule has 0 fully saturated rings. The van der Waals surface area contributed by atoms with Crippen molar-refractivity contribution in [3.05, 3.63) is 53.6 Å². The number of hydrogen-bond donors (Lipinski definition) is 1. The van der Waals surface area contributed by atoms with Gasteiger partial charge in [-0.1, -0.05) is 11.6 Å². The van der Waals surface area contributed by atoms with Crippen LogP contribution in [-0.4, -0.2) is 15.0 Å². The van der Waals surface area contributed by atoms with E-state index in [4.69, 9.17) is 22.1 Å². The summed E-state index contributed by atoms with van der Waals surface area (Å²) in [7, 11) is 0. The molecule has 0 atom stereocenters. The molecule has 2 aromatic heterocycles. The Morgan fingerprint density at radius 1 is 1.10 bits per heavy atom. The van der Waals surface area contributed by atoms with Crippen LogP contribution < -0.4 is 10.5 Å². The molecule has 2 N–H and O–H groups in total. The number of pyridine rings is 1. The van der Waals surface area contributed by atoms with E-state index in [1.807, 2.05) is 12.1 Å². The van der Waals surface area contributed by atoms with Gasteiger partial charge in [0.05, 0.1) is 23.1 Å². The number of ether oxygens (including phenoxy) is 1. The van der Waals surface area contributed by atoms with E-state index < -0.39 is 0 Å². The molecular weight excluding hydrogens is 276 g/mol. The molecule has 20 heavy (non-hydrogen) atoms. The van der Waals surface area contributed by atoms with Gasteiger partial charge in [0.2, 0.25) is 0 Å². The van der Waals surface area contributed by atoms with Crippen molar-refractivity contribution in [2.75, 3.05) is 5.73 Å². The zero-order valence-electron chi connectivity index (χ0n) is 10.5. The van der Waals surface area contributed by atoms with Gasteiger partial charge < -0.3 is 10.5 Å². The topological polar surface area (TPSA) is 73.9 Å². The van der Waals surface area contributed by atoms with E-state index in [-0.39, 0.29) is 0 Å². The molecule has 0 amide bonds. The van der Waals surface area contributed by atoms with Crippen molar-refractivity contribution >= 4 is 28.3 Å². The molecule has 0 aliphatic rings. The van der Waals surface area contributed by atoms with Crippen molar-refractivity contribution in [1.82, 2.24) is 15.0 Å². The van der Waals surface area contributed by atoms with E-state index in [0.29, 0.717) is 28.9 Å². The third kappa shape index (κ3) is 2.48. The van der Waals surface area contributed by atoms with Gasteiger partial charge >= 0.3 is 0 Å². The quantitative estimate of drug-likeness (QED) is 0.801. The maximum Gasteiger partial charge on any atom is 0.146 e. The molecule has 0 saturated carbocycles. The van der Waals surface area contributed by atoms with Gasteiger partial charge in [-0.25, -0.2) is 4.98 Å². The summed E-state index contributed by atoms with van der Waals surface area (Å²) in [5, 5.41) is 1.50. The van der Waals surface area contributed by atoms with Crippen molar-refractivity contribution in [3.63, 3.8) is 0 Å². The molecule has 0 saturated heterocycles. The molecule has 0 aliphatic carbocycles. The first-order valence-corrected chi connectivity index (χ1v) is 6.34. The minimum atomic E-state index is 0.292. The van der Waals surface area contributed by atoms with Crippen LogP contribution in [0.3, 0.4) is 0 Å². The van der Waals surface area contributed by atoms with Gasteiger partial charge in [-0.3, -0.25) is 9.97 Å². The fourth-order valence-corrected chi connectivity index (χ4v) is 2.03. The first-order valence-electron chi connectivity index (χ1n) is 5.96. The number of fused-ring (bicyclic) bond motifs is 1. The number of hydrogen-bond acceptors (Lipinski definition) is 5. The molecule has 0 bridgehead atoms. The lowest BCUT2D eigenvalue weighted by atomic mass is 10.2. The van der Waals surface area contributed by atoms with E-state index in [1.165, 1.54) is 6.20 Å². The molecule has 0 unspecified atom stereocenters. The Balaban J connectivity index is 1.88. The first kappa shape index (κ1) is 12.6. The standard InChI is InChI=1S/C14H11ClN4O/c15-11-3-4-12(14-10(11)2-1-5-17-14)20-8-9-6-19-13(16)7-18-9/h1-7H,8H2,(H2,16,19). The maximum atomic E-state index is 6.13. The highest BCUT2D eigenvalue weighted by Crippen LogP contribution is 2.29. The molecule has 6 heteroatoms. The lowest BCUT2D eigenvalue weighted by Crippen LogP contribution is -2.01. The minimum absolute atomic E-state index is 0.292. The normalized spacial score (nSPS) is 10.7. The molecule has 0 spiro atoms. The van der Waals surface area contributed by atoms with Gasteiger partial charge in [-0.15, -0.1) is 0 Å². The Bertz CT molecular complexity index is 746. The third-order valence-electron chi connectivity index (χ3n) is 2.78. The highest BCUT2D eigenvalue weighted by atomic mass is 35.5. The Morgan fingerprint density at radius 2 is 2.00 bits per heavy atom. The predicted molar refractivity (Wildman–Crippen MR) is 77.5 cm³/mol. The Hall–Kier alpha value is -2.40. The van der Waals surface area contributed by atoms with Crippen LogP contribution in [0.4, 0.5) is 5.82 Å². The van der Waals surface area contributed by atoms with E-state index >= 15 is 0 Å². The number of nitrogen functional groups attached to an aromatic ring is 1. The predicted octanol–water partition coefficient (Wildman–Crippen LogP) is 2.84. The van der Waals surface area contributed by atoms with Crippen LogP contribution in [0, 0.1) is 0 Å². The minimum Gasteiger partial charge on any atom is -0.485 e. The fraction of sp³-hybridized carbons (Fsp3) is 0.0714. The van der Waals surface area contributed by atoms with Crippen molar-refractivity contribution in [1.29, 1.82) is 0 Å². The SMILES string of the molecule is Nc1cnc(COc2ccc(Cl)c3cccnc23)cn1. The van der Waals surface area contributed by atoms with Gasteiger partial charge in [-0.05, 0) is 24.3 Å². The highest BCUT2D eigenvalue weighted by Gasteiger charge is 2.07. The third-order valence-corrected chi connectivity index (χ3v) is 3.11. The lowest BCUT2D eigenvalue weighted by molar-refractivity contribution is 0.304. The first-order chi connectivity index (χ1) is 9.74. The Kier molecular flexibility index (Phi) is 3.35. The summed E-state index contributed by atoms with van der Waals surface area (Å²) in [6, 6.07) is 7.32. The molecular formula is C14H11ClN4O. The smallest absolute Gasteiger partial charge is 0.146 e. The zero-order valence-corrected chi connectivity index (χ0v) is 11.2. The summed E-state index contributed by atoms with van der Waals surface area (Å²) in [5.41, 5.74) is 6.90. The molecule has 3 rings (SSSR count). The van der Waals surface area contributed by atoms with Crippen molar-refractivity contribution < 1.29 is 4.74 Å². The second kappa shape index (κ2) is 5.30. The van der Waals surface area contributed by atoms with Gasteiger partial charge in [0.25, 0.3) is 0 Å². The van der Waals surface area contributed by atoms with Gasteiger partial charge in [0.1, 0.15) is 23.7 Å². The van der Waals surface area contributed by atoms with Gasteiger partial charge in [0, 0.05) is 11.6 Å². The number of anilines is 1. The van der Waals surface area contributed by atoms with E-state index in [9.17, 15) is 0 Å².